The number of fused-ring (bicyclic) bond motifs is 6. The van der Waals surface area contributed by atoms with Crippen LogP contribution in [-0.2, 0) is 0 Å². The average Bonchev–Trinajstić information content (AvgIpc) is 3.57. The monoisotopic (exact) mass is 534 g/mol. The molecule has 0 N–H and O–H groups in total. The van der Waals surface area contributed by atoms with E-state index in [2.05, 4.69) is 105 Å². The van der Waals surface area contributed by atoms with Gasteiger partial charge in [0.15, 0.2) is 0 Å². The van der Waals surface area contributed by atoms with Crippen molar-refractivity contribution in [1.82, 2.24) is 9.13 Å². The lowest BCUT2D eigenvalue weighted by atomic mass is 9.97. The minimum atomic E-state index is 0.550. The van der Waals surface area contributed by atoms with Gasteiger partial charge in [-0.2, -0.15) is 5.26 Å². The Morgan fingerprint density at radius 1 is 0.476 bits per heavy atom. The van der Waals surface area contributed by atoms with Crippen LogP contribution in [0.3, 0.4) is 0 Å². The molecule has 42 heavy (non-hydrogen) atoms. The van der Waals surface area contributed by atoms with Crippen LogP contribution in [0.1, 0.15) is 5.56 Å². The second kappa shape index (κ2) is 9.24. The highest BCUT2D eigenvalue weighted by molar-refractivity contribution is 6.12. The Morgan fingerprint density at radius 2 is 0.881 bits per heavy atom. The van der Waals surface area contributed by atoms with Crippen LogP contribution in [0, 0.1) is 17.9 Å². The zero-order chi connectivity index (χ0) is 28.2. The lowest BCUT2D eigenvalue weighted by Gasteiger charge is -2.20. The molecule has 6 aromatic carbocycles. The van der Waals surface area contributed by atoms with Gasteiger partial charge in [0.2, 0.25) is 5.69 Å². The fourth-order valence-corrected chi connectivity index (χ4v) is 6.49. The molecule has 4 heteroatoms. The van der Waals surface area contributed by atoms with Gasteiger partial charge in [0.25, 0.3) is 0 Å². The molecule has 0 spiro atoms. The molecule has 4 nitrogen and oxygen atoms in total. The molecule has 0 unspecified atom stereocenters. The van der Waals surface area contributed by atoms with Crippen LogP contribution in [0.4, 0.5) is 5.69 Å². The van der Waals surface area contributed by atoms with Gasteiger partial charge in [-0.05, 0) is 35.9 Å². The van der Waals surface area contributed by atoms with Gasteiger partial charge in [-0.1, -0.05) is 103 Å². The van der Waals surface area contributed by atoms with Gasteiger partial charge in [-0.3, -0.25) is 0 Å². The molecular formula is C38H22N4. The van der Waals surface area contributed by atoms with Gasteiger partial charge in [-0.25, -0.2) is 4.85 Å². The van der Waals surface area contributed by atoms with E-state index in [0.717, 1.165) is 66.1 Å². The van der Waals surface area contributed by atoms with Crippen molar-refractivity contribution >= 4 is 49.3 Å². The molecule has 0 amide bonds. The first-order chi connectivity index (χ1) is 20.8. The maximum atomic E-state index is 10.5. The Bertz CT molecular complexity index is 2160. The molecular weight excluding hydrogens is 512 g/mol. The van der Waals surface area contributed by atoms with Crippen molar-refractivity contribution in [2.45, 2.75) is 0 Å². The Balaban J connectivity index is 1.55. The van der Waals surface area contributed by atoms with Gasteiger partial charge in [0.1, 0.15) is 6.07 Å². The van der Waals surface area contributed by atoms with E-state index in [1.54, 1.807) is 0 Å². The predicted octanol–water partition coefficient (Wildman–Crippen LogP) is 9.97. The highest BCUT2D eigenvalue weighted by Gasteiger charge is 2.23. The van der Waals surface area contributed by atoms with Crippen LogP contribution >= 0.6 is 0 Å². The van der Waals surface area contributed by atoms with Gasteiger partial charge >= 0.3 is 0 Å². The molecule has 0 saturated heterocycles. The summed E-state index contributed by atoms with van der Waals surface area (Å²) >= 11 is 0. The molecule has 0 saturated carbocycles. The van der Waals surface area contributed by atoms with Gasteiger partial charge in [0.05, 0.1) is 45.6 Å². The first-order valence-corrected chi connectivity index (χ1v) is 13.8. The van der Waals surface area contributed by atoms with Crippen molar-refractivity contribution in [3.05, 3.63) is 150 Å². The number of aromatic nitrogens is 2. The molecule has 8 aromatic rings. The number of benzene rings is 6. The first kappa shape index (κ1) is 23.8. The van der Waals surface area contributed by atoms with E-state index in [9.17, 15) is 5.26 Å². The van der Waals surface area contributed by atoms with Crippen LogP contribution in [0.5, 0.6) is 0 Å². The fraction of sp³-hybridized carbons (Fsp3) is 0. The third-order valence-electron chi connectivity index (χ3n) is 8.19. The molecule has 194 valence electrons. The molecule has 0 aliphatic carbocycles. The maximum absolute atomic E-state index is 10.5. The Kier molecular flexibility index (Phi) is 5.22. The van der Waals surface area contributed by atoms with Crippen molar-refractivity contribution in [2.75, 3.05) is 0 Å². The third-order valence-corrected chi connectivity index (χ3v) is 8.19. The zero-order valence-corrected chi connectivity index (χ0v) is 22.5. The Hall–Kier alpha value is -6.10. The highest BCUT2D eigenvalue weighted by atomic mass is 15.0. The predicted molar refractivity (Wildman–Crippen MR) is 172 cm³/mol. The SMILES string of the molecule is [C-]#[N+]c1cccc(-c2cccc(C#N)c2-n2c3ccccc3c3ccccc32)c1-n1c2ccccc2c2ccccc21. The highest BCUT2D eigenvalue weighted by Crippen LogP contribution is 2.44. The summed E-state index contributed by atoms with van der Waals surface area (Å²) in [6.07, 6.45) is 0. The van der Waals surface area contributed by atoms with Crippen LogP contribution < -0.4 is 0 Å². The van der Waals surface area contributed by atoms with E-state index in [-0.39, 0.29) is 0 Å². The topological polar surface area (TPSA) is 38.0 Å². The van der Waals surface area contributed by atoms with E-state index in [1.807, 2.05) is 48.5 Å². The lowest BCUT2D eigenvalue weighted by Crippen LogP contribution is -2.03. The number of para-hydroxylation sites is 6. The molecule has 2 aromatic heterocycles. The van der Waals surface area contributed by atoms with Crippen molar-refractivity contribution < 1.29 is 0 Å². The van der Waals surface area contributed by atoms with Crippen LogP contribution in [0.15, 0.2) is 133 Å². The quantitative estimate of drug-likeness (QED) is 0.208. The number of rotatable bonds is 3. The van der Waals surface area contributed by atoms with Gasteiger partial charge < -0.3 is 9.13 Å². The molecule has 0 radical (unpaired) electrons. The van der Waals surface area contributed by atoms with Gasteiger partial charge in [-0.15, -0.1) is 0 Å². The smallest absolute Gasteiger partial charge is 0.211 e. The molecule has 2 heterocycles. The van der Waals surface area contributed by atoms with Crippen molar-refractivity contribution in [1.29, 1.82) is 5.26 Å². The standard InChI is InChI=1S/C38H22N4/c1-40-32-19-11-18-31(38(32)42-35-22-8-4-15-28(35)29-16-5-9-23-36(29)42)30-17-10-12-25(24-39)37(30)41-33-20-6-2-13-26(33)27-14-3-7-21-34(27)41/h2-23H. The molecule has 0 atom stereocenters. The summed E-state index contributed by atoms with van der Waals surface area (Å²) in [5, 5.41) is 15.0. The number of hydrogen-bond acceptors (Lipinski definition) is 1. The van der Waals surface area contributed by atoms with E-state index in [4.69, 9.17) is 6.57 Å². The second-order valence-electron chi connectivity index (χ2n) is 10.3. The van der Waals surface area contributed by atoms with E-state index >= 15 is 0 Å². The molecule has 0 fully saturated rings. The van der Waals surface area contributed by atoms with Crippen LogP contribution in [0.2, 0.25) is 0 Å². The summed E-state index contributed by atoms with van der Waals surface area (Å²) in [7, 11) is 0. The minimum absolute atomic E-state index is 0.550. The molecule has 0 aliphatic heterocycles. The summed E-state index contributed by atoms with van der Waals surface area (Å²) in [6, 6.07) is 47.6. The number of nitrogens with zero attached hydrogens (tertiary/aromatic N) is 4. The number of hydrogen-bond donors (Lipinski definition) is 0. The Morgan fingerprint density at radius 3 is 1.33 bits per heavy atom. The first-order valence-electron chi connectivity index (χ1n) is 13.8. The average molecular weight is 535 g/mol. The zero-order valence-electron chi connectivity index (χ0n) is 22.5. The summed E-state index contributed by atoms with van der Waals surface area (Å²) in [5.74, 6) is 0. The van der Waals surface area contributed by atoms with Crippen molar-refractivity contribution in [3.63, 3.8) is 0 Å². The summed E-state index contributed by atoms with van der Waals surface area (Å²) < 4.78 is 4.42. The van der Waals surface area contributed by atoms with E-state index in [0.29, 0.717) is 11.3 Å². The van der Waals surface area contributed by atoms with E-state index in [1.165, 1.54) is 0 Å². The molecule has 0 bridgehead atoms. The number of nitriles is 1. The lowest BCUT2D eigenvalue weighted by molar-refractivity contribution is 1.16. The minimum Gasteiger partial charge on any atom is -0.318 e. The van der Waals surface area contributed by atoms with Crippen molar-refractivity contribution in [3.8, 4) is 28.6 Å². The summed E-state index contributed by atoms with van der Waals surface area (Å²) in [5.41, 5.74) is 8.65. The Labute approximate surface area is 242 Å². The van der Waals surface area contributed by atoms with Crippen LogP contribution in [0.25, 0.3) is 71.0 Å². The molecule has 0 aliphatic rings. The second-order valence-corrected chi connectivity index (χ2v) is 10.3. The van der Waals surface area contributed by atoms with Crippen molar-refractivity contribution in [2.24, 2.45) is 0 Å². The summed E-state index contributed by atoms with van der Waals surface area (Å²) in [4.78, 5) is 4.02. The van der Waals surface area contributed by atoms with E-state index < -0.39 is 0 Å². The maximum Gasteiger partial charge on any atom is 0.211 e. The fourth-order valence-electron chi connectivity index (χ4n) is 6.49. The largest absolute Gasteiger partial charge is 0.318 e. The van der Waals surface area contributed by atoms with Crippen LogP contribution in [-0.4, -0.2) is 9.13 Å². The third kappa shape index (κ3) is 3.27. The molecule has 8 rings (SSSR count). The normalized spacial score (nSPS) is 11.3. The van der Waals surface area contributed by atoms with Gasteiger partial charge in [0, 0.05) is 27.1 Å². The summed E-state index contributed by atoms with van der Waals surface area (Å²) in [6.45, 7) is 8.20.